The number of halogens is 1. The Bertz CT molecular complexity index is 288. The maximum absolute atomic E-state index is 2.41. The molecular formula is C11H17IN+. The third-order valence-corrected chi connectivity index (χ3v) is 3.50. The summed E-state index contributed by atoms with van der Waals surface area (Å²) < 4.78 is 2.33. The smallest absolute Gasteiger partial charge is 0.112 e. The van der Waals surface area contributed by atoms with Crippen LogP contribution in [0.1, 0.15) is 18.5 Å². The second-order valence-electron chi connectivity index (χ2n) is 4.31. The van der Waals surface area contributed by atoms with Crippen molar-refractivity contribution >= 4 is 22.6 Å². The number of nitrogens with zero attached hydrogens (tertiary/aromatic N) is 1. The highest BCUT2D eigenvalue weighted by Gasteiger charge is 2.21. The van der Waals surface area contributed by atoms with E-state index in [4.69, 9.17) is 0 Å². The zero-order valence-electron chi connectivity index (χ0n) is 8.71. The summed E-state index contributed by atoms with van der Waals surface area (Å²) >= 11 is 2.41. The fraction of sp³-hybridized carbons (Fsp3) is 0.455. The van der Waals surface area contributed by atoms with Gasteiger partial charge in [-0.25, -0.2) is 0 Å². The minimum absolute atomic E-state index is 0.549. The predicted octanol–water partition coefficient (Wildman–Crippen LogP) is 3.06. The third-order valence-electron chi connectivity index (χ3n) is 2.52. The summed E-state index contributed by atoms with van der Waals surface area (Å²) in [4.78, 5) is 0. The van der Waals surface area contributed by atoms with Gasteiger partial charge in [-0.05, 0) is 35.6 Å². The molecule has 1 rings (SSSR count). The van der Waals surface area contributed by atoms with Gasteiger partial charge in [0, 0.05) is 9.13 Å². The van der Waals surface area contributed by atoms with E-state index >= 15 is 0 Å². The van der Waals surface area contributed by atoms with Crippen LogP contribution in [0.15, 0.2) is 24.3 Å². The highest BCUT2D eigenvalue weighted by atomic mass is 127. The van der Waals surface area contributed by atoms with Crippen molar-refractivity contribution in [3.8, 4) is 0 Å². The van der Waals surface area contributed by atoms with Crippen molar-refractivity contribution in [2.45, 2.75) is 13.0 Å². The van der Waals surface area contributed by atoms with Crippen molar-refractivity contribution in [3.05, 3.63) is 33.4 Å². The Morgan fingerprint density at radius 3 is 2.15 bits per heavy atom. The van der Waals surface area contributed by atoms with E-state index in [0.717, 1.165) is 4.48 Å². The first-order chi connectivity index (χ1) is 5.93. The molecule has 0 aliphatic rings. The van der Waals surface area contributed by atoms with Crippen molar-refractivity contribution in [3.63, 3.8) is 0 Å². The van der Waals surface area contributed by atoms with Crippen LogP contribution in [0.4, 0.5) is 0 Å². The minimum atomic E-state index is 0.549. The molecule has 0 bridgehead atoms. The van der Waals surface area contributed by atoms with E-state index in [0.29, 0.717) is 6.04 Å². The largest absolute Gasteiger partial charge is 0.325 e. The van der Waals surface area contributed by atoms with Gasteiger partial charge in [-0.1, -0.05) is 18.2 Å². The SMILES string of the molecule is CC(c1ccccc1I)[N+](C)(C)C. The maximum atomic E-state index is 2.41. The lowest BCUT2D eigenvalue weighted by atomic mass is 10.1. The minimum Gasteiger partial charge on any atom is -0.325 e. The molecule has 0 radical (unpaired) electrons. The number of hydrogen-bond donors (Lipinski definition) is 0. The van der Waals surface area contributed by atoms with Crippen molar-refractivity contribution < 1.29 is 4.48 Å². The summed E-state index contributed by atoms with van der Waals surface area (Å²) in [6, 6.07) is 9.14. The summed E-state index contributed by atoms with van der Waals surface area (Å²) in [5, 5.41) is 0. The molecule has 1 atom stereocenters. The standard InChI is InChI=1S/C11H17IN/c1-9(13(2,3)4)10-7-5-6-8-11(10)12/h5-9H,1-4H3/q+1. The molecule has 1 nitrogen and oxygen atoms in total. The van der Waals surface area contributed by atoms with Gasteiger partial charge in [-0.15, -0.1) is 0 Å². The van der Waals surface area contributed by atoms with Crippen molar-refractivity contribution in [2.75, 3.05) is 21.1 Å². The van der Waals surface area contributed by atoms with Crippen LogP contribution in [0.2, 0.25) is 0 Å². The first kappa shape index (κ1) is 11.0. The van der Waals surface area contributed by atoms with E-state index in [2.05, 4.69) is 74.9 Å². The Morgan fingerprint density at radius 2 is 1.69 bits per heavy atom. The average Bonchev–Trinajstić information content (AvgIpc) is 2.02. The van der Waals surface area contributed by atoms with E-state index in [9.17, 15) is 0 Å². The van der Waals surface area contributed by atoms with Gasteiger partial charge in [-0.2, -0.15) is 0 Å². The molecule has 0 aromatic heterocycles. The van der Waals surface area contributed by atoms with Crippen LogP contribution in [0.5, 0.6) is 0 Å². The molecule has 72 valence electrons. The summed E-state index contributed by atoms with van der Waals surface area (Å²) in [6.45, 7) is 2.28. The molecule has 0 fully saturated rings. The zero-order valence-corrected chi connectivity index (χ0v) is 10.9. The average molecular weight is 290 g/mol. The second kappa shape index (κ2) is 3.96. The lowest BCUT2D eigenvalue weighted by Crippen LogP contribution is -2.37. The van der Waals surface area contributed by atoms with Gasteiger partial charge in [0.05, 0.1) is 21.1 Å². The van der Waals surface area contributed by atoms with Gasteiger partial charge in [0.15, 0.2) is 0 Å². The molecular weight excluding hydrogens is 273 g/mol. The first-order valence-corrected chi connectivity index (χ1v) is 5.56. The van der Waals surface area contributed by atoms with Gasteiger partial charge in [-0.3, -0.25) is 0 Å². The third kappa shape index (κ3) is 2.68. The van der Waals surface area contributed by atoms with Crippen molar-refractivity contribution in [2.24, 2.45) is 0 Å². The molecule has 0 amide bonds. The summed E-state index contributed by atoms with van der Waals surface area (Å²) in [7, 11) is 6.69. The molecule has 2 heteroatoms. The van der Waals surface area contributed by atoms with Gasteiger partial charge >= 0.3 is 0 Å². The molecule has 13 heavy (non-hydrogen) atoms. The highest BCUT2D eigenvalue weighted by molar-refractivity contribution is 14.1. The lowest BCUT2D eigenvalue weighted by molar-refractivity contribution is -0.900. The molecule has 0 heterocycles. The number of benzene rings is 1. The van der Waals surface area contributed by atoms with Gasteiger partial charge < -0.3 is 4.48 Å². The number of hydrogen-bond acceptors (Lipinski definition) is 0. The zero-order chi connectivity index (χ0) is 10.1. The Morgan fingerprint density at radius 1 is 1.15 bits per heavy atom. The van der Waals surface area contributed by atoms with Gasteiger partial charge in [0.2, 0.25) is 0 Å². The van der Waals surface area contributed by atoms with Crippen LogP contribution < -0.4 is 0 Å². The summed E-state index contributed by atoms with van der Waals surface area (Å²) in [5.74, 6) is 0. The fourth-order valence-corrected chi connectivity index (χ4v) is 2.07. The highest BCUT2D eigenvalue weighted by Crippen LogP contribution is 2.26. The molecule has 0 N–H and O–H groups in total. The number of quaternary nitrogens is 1. The van der Waals surface area contributed by atoms with E-state index < -0.39 is 0 Å². The van der Waals surface area contributed by atoms with Crippen LogP contribution in [0, 0.1) is 3.57 Å². The monoisotopic (exact) mass is 290 g/mol. The van der Waals surface area contributed by atoms with Crippen LogP contribution in [0.3, 0.4) is 0 Å². The van der Waals surface area contributed by atoms with Crippen LogP contribution >= 0.6 is 22.6 Å². The lowest BCUT2D eigenvalue weighted by Gasteiger charge is -2.32. The van der Waals surface area contributed by atoms with Crippen LogP contribution in [-0.2, 0) is 0 Å². The Balaban J connectivity index is 3.02. The van der Waals surface area contributed by atoms with Crippen molar-refractivity contribution in [1.82, 2.24) is 0 Å². The molecule has 0 aliphatic carbocycles. The topological polar surface area (TPSA) is 0 Å². The van der Waals surface area contributed by atoms with E-state index in [-0.39, 0.29) is 0 Å². The molecule has 1 aromatic rings. The molecule has 0 saturated heterocycles. The summed E-state index contributed by atoms with van der Waals surface area (Å²) in [6.07, 6.45) is 0. The first-order valence-electron chi connectivity index (χ1n) is 4.48. The molecule has 0 aliphatic heterocycles. The maximum Gasteiger partial charge on any atom is 0.112 e. The van der Waals surface area contributed by atoms with E-state index in [1.807, 2.05) is 0 Å². The second-order valence-corrected chi connectivity index (χ2v) is 5.48. The van der Waals surface area contributed by atoms with Gasteiger partial charge in [0.25, 0.3) is 0 Å². The Hall–Kier alpha value is -0.0900. The van der Waals surface area contributed by atoms with E-state index in [1.165, 1.54) is 9.13 Å². The molecule has 0 spiro atoms. The Labute approximate surface area is 94.5 Å². The van der Waals surface area contributed by atoms with Gasteiger partial charge in [0.1, 0.15) is 6.04 Å². The van der Waals surface area contributed by atoms with Crippen LogP contribution in [0.25, 0.3) is 0 Å². The summed E-state index contributed by atoms with van der Waals surface area (Å²) in [5.41, 5.74) is 1.44. The van der Waals surface area contributed by atoms with Crippen LogP contribution in [-0.4, -0.2) is 25.6 Å². The Kier molecular flexibility index (Phi) is 3.35. The fourth-order valence-electron chi connectivity index (χ4n) is 1.23. The van der Waals surface area contributed by atoms with E-state index in [1.54, 1.807) is 0 Å². The van der Waals surface area contributed by atoms with Crippen molar-refractivity contribution in [1.29, 1.82) is 0 Å². The predicted molar refractivity (Wildman–Crippen MR) is 65.6 cm³/mol. The number of rotatable bonds is 2. The normalized spacial score (nSPS) is 14.2. The molecule has 1 unspecified atom stereocenters. The molecule has 1 aromatic carbocycles. The quantitative estimate of drug-likeness (QED) is 0.580. The molecule has 0 saturated carbocycles.